The Morgan fingerprint density at radius 2 is 1.85 bits per heavy atom. The predicted octanol–water partition coefficient (Wildman–Crippen LogP) is 3.97. The van der Waals surface area contributed by atoms with E-state index in [-0.39, 0.29) is 17.9 Å². The SMILES string of the molecule is Cc1cc(CNC(=O)c2cc(Br)ccc2F)ccc1F. The summed E-state index contributed by atoms with van der Waals surface area (Å²) >= 11 is 3.19. The standard InChI is InChI=1S/C15H12BrF2NO/c1-9-6-10(2-4-13(9)17)8-19-15(20)12-7-11(16)3-5-14(12)18/h2-7H,8H2,1H3,(H,19,20). The maximum atomic E-state index is 13.5. The van der Waals surface area contributed by atoms with E-state index in [0.717, 1.165) is 5.56 Å². The molecule has 0 aliphatic carbocycles. The quantitative estimate of drug-likeness (QED) is 0.900. The third-order valence-corrected chi connectivity index (χ3v) is 3.34. The van der Waals surface area contributed by atoms with Gasteiger partial charge in [0.2, 0.25) is 0 Å². The summed E-state index contributed by atoms with van der Waals surface area (Å²) in [5, 5.41) is 2.61. The van der Waals surface area contributed by atoms with Crippen LogP contribution in [0.3, 0.4) is 0 Å². The number of hydrogen-bond acceptors (Lipinski definition) is 1. The van der Waals surface area contributed by atoms with E-state index >= 15 is 0 Å². The average molecular weight is 340 g/mol. The molecule has 0 unspecified atom stereocenters. The Morgan fingerprint density at radius 3 is 2.55 bits per heavy atom. The van der Waals surface area contributed by atoms with Crippen molar-refractivity contribution in [2.75, 3.05) is 0 Å². The van der Waals surface area contributed by atoms with Crippen LogP contribution in [0.5, 0.6) is 0 Å². The number of nitrogens with one attached hydrogen (secondary N) is 1. The molecule has 0 fully saturated rings. The van der Waals surface area contributed by atoms with Crippen LogP contribution in [0.25, 0.3) is 0 Å². The van der Waals surface area contributed by atoms with Crippen molar-refractivity contribution in [2.45, 2.75) is 13.5 Å². The lowest BCUT2D eigenvalue weighted by Crippen LogP contribution is -2.23. The molecule has 0 aliphatic rings. The lowest BCUT2D eigenvalue weighted by atomic mass is 10.1. The highest BCUT2D eigenvalue weighted by molar-refractivity contribution is 9.10. The second-order valence-corrected chi connectivity index (χ2v) is 5.31. The maximum Gasteiger partial charge on any atom is 0.254 e. The summed E-state index contributed by atoms with van der Waals surface area (Å²) in [6.07, 6.45) is 0. The molecule has 2 nitrogen and oxygen atoms in total. The Hall–Kier alpha value is -1.75. The molecule has 2 rings (SSSR count). The molecule has 0 saturated heterocycles. The van der Waals surface area contributed by atoms with E-state index < -0.39 is 11.7 Å². The molecule has 2 aromatic carbocycles. The van der Waals surface area contributed by atoms with Crippen LogP contribution in [0.1, 0.15) is 21.5 Å². The van der Waals surface area contributed by atoms with Crippen molar-refractivity contribution in [1.82, 2.24) is 5.32 Å². The fourth-order valence-electron chi connectivity index (χ4n) is 1.77. The first-order valence-corrected chi connectivity index (χ1v) is 6.75. The second-order valence-electron chi connectivity index (χ2n) is 4.39. The number of amides is 1. The number of benzene rings is 2. The summed E-state index contributed by atoms with van der Waals surface area (Å²) < 4.78 is 27.3. The Bertz CT molecular complexity index is 658. The lowest BCUT2D eigenvalue weighted by molar-refractivity contribution is 0.0947. The van der Waals surface area contributed by atoms with Crippen LogP contribution in [0.15, 0.2) is 40.9 Å². The predicted molar refractivity (Wildman–Crippen MR) is 76.4 cm³/mol. The van der Waals surface area contributed by atoms with Crippen molar-refractivity contribution in [3.8, 4) is 0 Å². The van der Waals surface area contributed by atoms with Crippen molar-refractivity contribution >= 4 is 21.8 Å². The Kier molecular flexibility index (Phi) is 4.49. The monoisotopic (exact) mass is 339 g/mol. The van der Waals surface area contributed by atoms with Gasteiger partial charge in [-0.15, -0.1) is 0 Å². The molecular weight excluding hydrogens is 328 g/mol. The van der Waals surface area contributed by atoms with Crippen LogP contribution < -0.4 is 5.32 Å². The highest BCUT2D eigenvalue weighted by atomic mass is 79.9. The first kappa shape index (κ1) is 14.7. The third kappa shape index (κ3) is 3.42. The van der Waals surface area contributed by atoms with Gasteiger partial charge in [0.05, 0.1) is 5.56 Å². The Balaban J connectivity index is 2.08. The van der Waals surface area contributed by atoms with Crippen molar-refractivity contribution in [3.63, 3.8) is 0 Å². The molecule has 1 amide bonds. The smallest absolute Gasteiger partial charge is 0.254 e. The van der Waals surface area contributed by atoms with Gasteiger partial charge in [0.15, 0.2) is 0 Å². The number of aryl methyl sites for hydroxylation is 1. The van der Waals surface area contributed by atoms with Gasteiger partial charge in [0.1, 0.15) is 11.6 Å². The van der Waals surface area contributed by atoms with Gasteiger partial charge in [-0.3, -0.25) is 4.79 Å². The topological polar surface area (TPSA) is 29.1 Å². The van der Waals surface area contributed by atoms with Gasteiger partial charge in [-0.1, -0.05) is 28.1 Å². The van der Waals surface area contributed by atoms with Gasteiger partial charge >= 0.3 is 0 Å². The third-order valence-electron chi connectivity index (χ3n) is 2.85. The number of halogens is 3. The van der Waals surface area contributed by atoms with Crippen molar-refractivity contribution in [3.05, 3.63) is 69.2 Å². The molecule has 0 spiro atoms. The summed E-state index contributed by atoms with van der Waals surface area (Å²) in [4.78, 5) is 11.9. The average Bonchev–Trinajstić information content (AvgIpc) is 2.42. The Morgan fingerprint density at radius 1 is 1.15 bits per heavy atom. The minimum Gasteiger partial charge on any atom is -0.348 e. The lowest BCUT2D eigenvalue weighted by Gasteiger charge is -2.08. The van der Waals surface area contributed by atoms with Crippen LogP contribution in [-0.4, -0.2) is 5.91 Å². The van der Waals surface area contributed by atoms with E-state index in [9.17, 15) is 13.6 Å². The minimum absolute atomic E-state index is 0.0294. The van der Waals surface area contributed by atoms with Crippen molar-refractivity contribution < 1.29 is 13.6 Å². The minimum atomic E-state index is -0.582. The molecule has 0 atom stereocenters. The molecule has 5 heteroatoms. The van der Waals surface area contributed by atoms with Crippen molar-refractivity contribution in [1.29, 1.82) is 0 Å². The fraction of sp³-hybridized carbons (Fsp3) is 0.133. The molecule has 104 valence electrons. The highest BCUT2D eigenvalue weighted by Crippen LogP contribution is 2.16. The molecular formula is C15H12BrF2NO. The van der Waals surface area contributed by atoms with Crippen LogP contribution in [-0.2, 0) is 6.54 Å². The highest BCUT2D eigenvalue weighted by Gasteiger charge is 2.12. The van der Waals surface area contributed by atoms with E-state index in [1.807, 2.05) is 0 Å². The van der Waals surface area contributed by atoms with Crippen LogP contribution in [0, 0.1) is 18.6 Å². The molecule has 0 aromatic heterocycles. The van der Waals surface area contributed by atoms with Gasteiger partial charge < -0.3 is 5.32 Å². The molecule has 0 bridgehead atoms. The summed E-state index contributed by atoms with van der Waals surface area (Å²) in [7, 11) is 0. The molecule has 0 saturated carbocycles. The fourth-order valence-corrected chi connectivity index (χ4v) is 2.13. The van der Waals surface area contributed by atoms with Crippen molar-refractivity contribution in [2.24, 2.45) is 0 Å². The second kappa shape index (κ2) is 6.13. The van der Waals surface area contributed by atoms with Gasteiger partial charge in [-0.05, 0) is 42.3 Å². The molecule has 2 aromatic rings. The van der Waals surface area contributed by atoms with Gasteiger partial charge in [-0.25, -0.2) is 8.78 Å². The number of hydrogen-bond donors (Lipinski definition) is 1. The molecule has 1 N–H and O–H groups in total. The first-order valence-electron chi connectivity index (χ1n) is 5.95. The molecule has 20 heavy (non-hydrogen) atoms. The van der Waals surface area contributed by atoms with E-state index in [1.165, 1.54) is 24.3 Å². The number of rotatable bonds is 3. The first-order chi connectivity index (χ1) is 9.47. The zero-order chi connectivity index (χ0) is 14.7. The summed E-state index contributed by atoms with van der Waals surface area (Å²) in [5.74, 6) is -1.38. The van der Waals surface area contributed by atoms with Gasteiger partial charge in [0, 0.05) is 11.0 Å². The largest absolute Gasteiger partial charge is 0.348 e. The van der Waals surface area contributed by atoms with Crippen LogP contribution in [0.2, 0.25) is 0 Å². The normalized spacial score (nSPS) is 10.4. The van der Waals surface area contributed by atoms with E-state index in [2.05, 4.69) is 21.2 Å². The van der Waals surface area contributed by atoms with Gasteiger partial charge in [-0.2, -0.15) is 0 Å². The summed E-state index contributed by atoms with van der Waals surface area (Å²) in [5.41, 5.74) is 1.23. The van der Waals surface area contributed by atoms with Crippen LogP contribution in [0.4, 0.5) is 8.78 Å². The maximum absolute atomic E-state index is 13.5. The molecule has 0 heterocycles. The summed E-state index contributed by atoms with van der Waals surface area (Å²) in [6.45, 7) is 1.86. The van der Waals surface area contributed by atoms with E-state index in [0.29, 0.717) is 10.0 Å². The zero-order valence-corrected chi connectivity index (χ0v) is 12.3. The van der Waals surface area contributed by atoms with E-state index in [4.69, 9.17) is 0 Å². The number of carbonyl (C=O) groups excluding carboxylic acids is 1. The Labute approximate surface area is 123 Å². The number of carbonyl (C=O) groups is 1. The van der Waals surface area contributed by atoms with Crippen LogP contribution >= 0.6 is 15.9 Å². The van der Waals surface area contributed by atoms with E-state index in [1.54, 1.807) is 19.1 Å². The summed E-state index contributed by atoms with van der Waals surface area (Å²) in [6, 6.07) is 8.74. The zero-order valence-electron chi connectivity index (χ0n) is 10.7. The van der Waals surface area contributed by atoms with Gasteiger partial charge in [0.25, 0.3) is 5.91 Å². The molecule has 0 aliphatic heterocycles. The molecule has 0 radical (unpaired) electrons.